The molecule has 3 amide bonds. The number of H-pyrrole nitrogens is 2. The van der Waals surface area contributed by atoms with Gasteiger partial charge in [-0.3, -0.25) is 19.2 Å². The molecule has 238 valence electrons. The maximum Gasteiger partial charge on any atom is 0.326 e. The third kappa shape index (κ3) is 8.06. The fourth-order valence-corrected chi connectivity index (χ4v) is 5.23. The van der Waals surface area contributed by atoms with E-state index in [1.165, 1.54) is 0 Å². The first-order chi connectivity index (χ1) is 21.5. The number of carbonyl (C=O) groups is 5. The molecule has 5 atom stereocenters. The molecule has 5 unspecified atom stereocenters. The predicted octanol–water partition coefficient (Wildman–Crippen LogP) is 1.82. The second-order valence-electron chi connectivity index (χ2n) is 11.2. The minimum atomic E-state index is -1.61. The molecule has 0 aliphatic rings. The van der Waals surface area contributed by atoms with Crippen molar-refractivity contribution in [2.24, 2.45) is 11.7 Å². The maximum atomic E-state index is 13.7. The van der Waals surface area contributed by atoms with Crippen LogP contribution in [0.4, 0.5) is 0 Å². The second-order valence-corrected chi connectivity index (χ2v) is 11.2. The van der Waals surface area contributed by atoms with Crippen LogP contribution in [-0.2, 0) is 36.8 Å². The molecule has 0 saturated carbocycles. The number of aromatic nitrogens is 2. The van der Waals surface area contributed by atoms with E-state index in [0.717, 1.165) is 27.4 Å². The van der Waals surface area contributed by atoms with Crippen molar-refractivity contribution in [2.45, 2.75) is 63.7 Å². The van der Waals surface area contributed by atoms with Gasteiger partial charge in [0.2, 0.25) is 17.7 Å². The number of aromatic amines is 2. The van der Waals surface area contributed by atoms with Gasteiger partial charge in [-0.15, -0.1) is 0 Å². The highest BCUT2D eigenvalue weighted by atomic mass is 16.4. The number of aliphatic carboxylic acids is 2. The fraction of sp³-hybridized carbons (Fsp3) is 0.344. The number of rotatable bonds is 15. The Labute approximate surface area is 258 Å². The molecule has 2 heterocycles. The summed E-state index contributed by atoms with van der Waals surface area (Å²) in [6.07, 6.45) is 3.27. The zero-order valence-electron chi connectivity index (χ0n) is 25.0. The van der Waals surface area contributed by atoms with Crippen LogP contribution in [0.15, 0.2) is 60.9 Å². The molecule has 0 spiro atoms. The van der Waals surface area contributed by atoms with Crippen molar-refractivity contribution in [3.63, 3.8) is 0 Å². The lowest BCUT2D eigenvalue weighted by Crippen LogP contribution is -2.58. The van der Waals surface area contributed by atoms with E-state index in [4.69, 9.17) is 5.73 Å². The Balaban J connectivity index is 1.56. The summed E-state index contributed by atoms with van der Waals surface area (Å²) in [4.78, 5) is 69.9. The van der Waals surface area contributed by atoms with Crippen molar-refractivity contribution in [3.8, 4) is 0 Å². The van der Waals surface area contributed by atoms with E-state index in [0.29, 0.717) is 12.0 Å². The molecule has 0 bridgehead atoms. The molecule has 2 aromatic carbocycles. The summed E-state index contributed by atoms with van der Waals surface area (Å²) in [7, 11) is 0. The standard InChI is InChI=1S/C32H38N6O7/c1-3-17(2)28(32(44)45)38-31(43)26(14-27(39)40)37-30(42)25(13-19-16-35-24-11-7-5-9-21(19)24)36-29(41)22(33)12-18-15-34-23-10-6-4-8-20(18)23/h4-11,15-17,22,25-26,28,34-35H,3,12-14,33H2,1-2H3,(H,36,41)(H,37,42)(H,38,43)(H,39,40)(H,44,45). The van der Waals surface area contributed by atoms with Crippen molar-refractivity contribution in [3.05, 3.63) is 72.1 Å². The zero-order valence-corrected chi connectivity index (χ0v) is 25.0. The molecular formula is C32H38N6O7. The number of carbonyl (C=O) groups excluding carboxylic acids is 3. The van der Waals surface area contributed by atoms with Gasteiger partial charge in [-0.05, 0) is 35.6 Å². The Morgan fingerprint density at radius 1 is 0.756 bits per heavy atom. The first-order valence-electron chi connectivity index (χ1n) is 14.7. The van der Waals surface area contributed by atoms with Gasteiger partial charge in [-0.1, -0.05) is 56.7 Å². The highest BCUT2D eigenvalue weighted by Crippen LogP contribution is 2.21. The van der Waals surface area contributed by atoms with E-state index in [-0.39, 0.29) is 12.8 Å². The number of carboxylic acids is 2. The van der Waals surface area contributed by atoms with E-state index in [9.17, 15) is 34.2 Å². The van der Waals surface area contributed by atoms with Crippen LogP contribution in [0.2, 0.25) is 0 Å². The molecule has 13 heteroatoms. The molecular weight excluding hydrogens is 580 g/mol. The number of carboxylic acid groups (broad SMARTS) is 2. The van der Waals surface area contributed by atoms with Crippen LogP contribution >= 0.6 is 0 Å². The molecule has 0 aliphatic carbocycles. The molecule has 4 aromatic rings. The summed E-state index contributed by atoms with van der Waals surface area (Å²) in [5.41, 5.74) is 9.50. The number of nitrogens with one attached hydrogen (secondary N) is 5. The maximum absolute atomic E-state index is 13.7. The van der Waals surface area contributed by atoms with E-state index in [1.54, 1.807) is 26.2 Å². The SMILES string of the molecule is CCC(C)C(NC(=O)C(CC(=O)O)NC(=O)C(Cc1c[nH]c2ccccc12)NC(=O)C(N)Cc1c[nH]c2ccccc12)C(=O)O. The third-order valence-electron chi connectivity index (χ3n) is 7.97. The van der Waals surface area contributed by atoms with Crippen LogP contribution in [0.3, 0.4) is 0 Å². The number of hydrogen-bond acceptors (Lipinski definition) is 6. The summed E-state index contributed by atoms with van der Waals surface area (Å²) >= 11 is 0. The van der Waals surface area contributed by atoms with E-state index in [1.807, 2.05) is 48.5 Å². The van der Waals surface area contributed by atoms with E-state index >= 15 is 0 Å². The van der Waals surface area contributed by atoms with Crippen LogP contribution in [0.5, 0.6) is 0 Å². The molecule has 0 radical (unpaired) electrons. The highest BCUT2D eigenvalue weighted by Gasteiger charge is 2.33. The van der Waals surface area contributed by atoms with Gasteiger partial charge in [0, 0.05) is 40.6 Å². The monoisotopic (exact) mass is 618 g/mol. The van der Waals surface area contributed by atoms with Gasteiger partial charge < -0.3 is 41.9 Å². The topological polar surface area (TPSA) is 219 Å². The molecule has 45 heavy (non-hydrogen) atoms. The highest BCUT2D eigenvalue weighted by molar-refractivity contribution is 5.96. The number of amides is 3. The van der Waals surface area contributed by atoms with Gasteiger partial charge in [0.25, 0.3) is 0 Å². The van der Waals surface area contributed by atoms with Crippen LogP contribution < -0.4 is 21.7 Å². The first-order valence-corrected chi connectivity index (χ1v) is 14.7. The minimum Gasteiger partial charge on any atom is -0.481 e. The first kappa shape index (κ1) is 32.7. The molecule has 0 saturated heterocycles. The lowest BCUT2D eigenvalue weighted by molar-refractivity contribution is -0.144. The smallest absolute Gasteiger partial charge is 0.326 e. The van der Waals surface area contributed by atoms with Crippen molar-refractivity contribution in [2.75, 3.05) is 0 Å². The molecule has 0 aliphatic heterocycles. The van der Waals surface area contributed by atoms with Gasteiger partial charge >= 0.3 is 11.9 Å². The molecule has 9 N–H and O–H groups in total. The normalized spacial score (nSPS) is 14.6. The number of hydrogen-bond donors (Lipinski definition) is 8. The minimum absolute atomic E-state index is 0.00653. The third-order valence-corrected chi connectivity index (χ3v) is 7.97. The summed E-state index contributed by atoms with van der Waals surface area (Å²) in [6, 6.07) is 9.75. The average molecular weight is 619 g/mol. The van der Waals surface area contributed by atoms with E-state index < -0.39 is 66.2 Å². The van der Waals surface area contributed by atoms with E-state index in [2.05, 4.69) is 25.9 Å². The quantitative estimate of drug-likeness (QED) is 0.0980. The number of fused-ring (bicyclic) bond motifs is 2. The van der Waals surface area contributed by atoms with Crippen molar-refractivity contribution >= 4 is 51.5 Å². The Morgan fingerprint density at radius 3 is 1.80 bits per heavy atom. The van der Waals surface area contributed by atoms with Gasteiger partial charge in [-0.25, -0.2) is 4.79 Å². The Morgan fingerprint density at radius 2 is 1.27 bits per heavy atom. The Hall–Kier alpha value is -5.17. The zero-order chi connectivity index (χ0) is 32.7. The summed E-state index contributed by atoms with van der Waals surface area (Å²) in [5, 5.41) is 28.3. The number of benzene rings is 2. The average Bonchev–Trinajstić information content (AvgIpc) is 3.62. The second kappa shape index (κ2) is 14.5. The van der Waals surface area contributed by atoms with Crippen LogP contribution in [-0.4, -0.2) is 74.0 Å². The predicted molar refractivity (Wildman–Crippen MR) is 167 cm³/mol. The van der Waals surface area contributed by atoms with Crippen LogP contribution in [0, 0.1) is 5.92 Å². The number of para-hydroxylation sites is 2. The van der Waals surface area contributed by atoms with Gasteiger partial charge in [0.05, 0.1) is 12.5 Å². The van der Waals surface area contributed by atoms with Gasteiger partial charge in [-0.2, -0.15) is 0 Å². The largest absolute Gasteiger partial charge is 0.481 e. The van der Waals surface area contributed by atoms with Gasteiger partial charge in [0.1, 0.15) is 18.1 Å². The van der Waals surface area contributed by atoms with Crippen molar-refractivity contribution < 1.29 is 34.2 Å². The van der Waals surface area contributed by atoms with Crippen LogP contribution in [0.1, 0.15) is 37.8 Å². The Bertz CT molecular complexity index is 1700. The lowest BCUT2D eigenvalue weighted by atomic mass is 9.98. The lowest BCUT2D eigenvalue weighted by Gasteiger charge is -2.26. The summed E-state index contributed by atoms with van der Waals surface area (Å²) in [5.74, 6) is -5.55. The Kier molecular flexibility index (Phi) is 10.6. The van der Waals surface area contributed by atoms with Crippen molar-refractivity contribution in [1.82, 2.24) is 25.9 Å². The molecule has 13 nitrogen and oxygen atoms in total. The summed E-state index contributed by atoms with van der Waals surface area (Å²) < 4.78 is 0. The summed E-state index contributed by atoms with van der Waals surface area (Å²) in [6.45, 7) is 3.39. The number of nitrogens with two attached hydrogens (primary N) is 1. The van der Waals surface area contributed by atoms with Crippen LogP contribution in [0.25, 0.3) is 21.8 Å². The molecule has 0 fully saturated rings. The molecule has 2 aromatic heterocycles. The fourth-order valence-electron chi connectivity index (χ4n) is 5.23. The van der Waals surface area contributed by atoms with Crippen molar-refractivity contribution in [1.29, 1.82) is 0 Å². The van der Waals surface area contributed by atoms with Gasteiger partial charge in [0.15, 0.2) is 0 Å². The molecule has 4 rings (SSSR count).